The number of amides is 1. The van der Waals surface area contributed by atoms with Gasteiger partial charge in [0.2, 0.25) is 15.9 Å². The van der Waals surface area contributed by atoms with Crippen LogP contribution in [0, 0.1) is 23.0 Å². The maximum Gasteiger partial charge on any atom is 0.272 e. The second-order valence-corrected chi connectivity index (χ2v) is 10.0. The van der Waals surface area contributed by atoms with E-state index in [-0.39, 0.29) is 52.3 Å². The number of nitrogens with one attached hydrogen (secondary N) is 2. The summed E-state index contributed by atoms with van der Waals surface area (Å²) in [6, 6.07) is 3.15. The number of carbonyl (C=O) groups is 1. The SMILES string of the molecule is CCCNC(=O)c1nn(C(C)C)c(Oc2ccc([N+](=O)[O-])cc2S(=O)(=O)NCC(C)C)c1C. The van der Waals surface area contributed by atoms with Crippen molar-refractivity contribution in [2.75, 3.05) is 13.1 Å². The van der Waals surface area contributed by atoms with Crippen LogP contribution in [0.4, 0.5) is 5.69 Å². The maximum absolute atomic E-state index is 13.0. The fourth-order valence-electron chi connectivity index (χ4n) is 2.88. The number of aromatic nitrogens is 2. The van der Waals surface area contributed by atoms with Crippen molar-refractivity contribution in [1.82, 2.24) is 19.8 Å². The summed E-state index contributed by atoms with van der Waals surface area (Å²) in [6.45, 7) is 11.6. The highest BCUT2D eigenvalue weighted by molar-refractivity contribution is 7.89. The molecule has 0 unspecified atom stereocenters. The number of rotatable bonds is 11. The van der Waals surface area contributed by atoms with E-state index in [0.717, 1.165) is 18.6 Å². The van der Waals surface area contributed by atoms with Gasteiger partial charge in [-0.25, -0.2) is 17.8 Å². The summed E-state index contributed by atoms with van der Waals surface area (Å²) in [6.07, 6.45) is 0.756. The molecule has 0 spiro atoms. The molecule has 1 aromatic carbocycles. The van der Waals surface area contributed by atoms with Crippen molar-refractivity contribution < 1.29 is 22.9 Å². The van der Waals surface area contributed by atoms with E-state index in [2.05, 4.69) is 15.1 Å². The van der Waals surface area contributed by atoms with E-state index in [1.54, 1.807) is 6.92 Å². The third-order valence-electron chi connectivity index (χ3n) is 4.65. The molecule has 2 N–H and O–H groups in total. The van der Waals surface area contributed by atoms with Gasteiger partial charge in [-0.2, -0.15) is 5.10 Å². The average Bonchev–Trinajstić information content (AvgIpc) is 3.07. The van der Waals surface area contributed by atoms with Crippen LogP contribution in [0.1, 0.15) is 63.1 Å². The molecule has 2 aromatic rings. The van der Waals surface area contributed by atoms with Gasteiger partial charge in [0.25, 0.3) is 11.6 Å². The van der Waals surface area contributed by atoms with Gasteiger partial charge >= 0.3 is 0 Å². The molecule has 33 heavy (non-hydrogen) atoms. The molecule has 0 aliphatic heterocycles. The molecule has 11 nitrogen and oxygen atoms in total. The third kappa shape index (κ3) is 6.29. The lowest BCUT2D eigenvalue weighted by Gasteiger charge is -2.16. The van der Waals surface area contributed by atoms with Crippen LogP contribution in [0.15, 0.2) is 23.1 Å². The van der Waals surface area contributed by atoms with E-state index in [4.69, 9.17) is 4.74 Å². The summed E-state index contributed by atoms with van der Waals surface area (Å²) < 4.78 is 35.8. The van der Waals surface area contributed by atoms with Crippen LogP contribution in [0.2, 0.25) is 0 Å². The molecular formula is C21H31N5O6S. The first-order chi connectivity index (χ1) is 15.4. The number of carbonyl (C=O) groups excluding carboxylic acids is 1. The molecule has 0 radical (unpaired) electrons. The quantitative estimate of drug-likeness (QED) is 0.369. The summed E-state index contributed by atoms with van der Waals surface area (Å²) >= 11 is 0. The van der Waals surface area contributed by atoms with E-state index < -0.39 is 14.9 Å². The van der Waals surface area contributed by atoms with Gasteiger partial charge in [0.1, 0.15) is 10.6 Å². The van der Waals surface area contributed by atoms with Gasteiger partial charge in [-0.3, -0.25) is 14.9 Å². The number of benzene rings is 1. The number of hydrogen-bond acceptors (Lipinski definition) is 7. The Hall–Kier alpha value is -2.99. The predicted molar refractivity (Wildman–Crippen MR) is 123 cm³/mol. The van der Waals surface area contributed by atoms with Crippen molar-refractivity contribution in [2.45, 2.75) is 58.9 Å². The highest BCUT2D eigenvalue weighted by Crippen LogP contribution is 2.35. The molecule has 0 atom stereocenters. The van der Waals surface area contributed by atoms with Crippen LogP contribution in [-0.4, -0.2) is 42.1 Å². The summed E-state index contributed by atoms with van der Waals surface area (Å²) in [5, 5.41) is 18.4. The van der Waals surface area contributed by atoms with Gasteiger partial charge in [-0.1, -0.05) is 20.8 Å². The van der Waals surface area contributed by atoms with Crippen molar-refractivity contribution in [3.8, 4) is 11.6 Å². The van der Waals surface area contributed by atoms with E-state index in [1.807, 2.05) is 34.6 Å². The fraction of sp³-hybridized carbons (Fsp3) is 0.524. The topological polar surface area (TPSA) is 145 Å². The first kappa shape index (κ1) is 26.3. The number of nitro benzene ring substituents is 1. The number of hydrogen-bond donors (Lipinski definition) is 2. The number of nitro groups is 1. The van der Waals surface area contributed by atoms with Crippen LogP contribution in [-0.2, 0) is 10.0 Å². The van der Waals surface area contributed by atoms with Crippen LogP contribution in [0.3, 0.4) is 0 Å². The largest absolute Gasteiger partial charge is 0.438 e. The monoisotopic (exact) mass is 481 g/mol. The lowest BCUT2D eigenvalue weighted by molar-refractivity contribution is -0.385. The van der Waals surface area contributed by atoms with E-state index >= 15 is 0 Å². The van der Waals surface area contributed by atoms with Gasteiger partial charge in [0, 0.05) is 30.8 Å². The molecular weight excluding hydrogens is 450 g/mol. The fourth-order valence-corrected chi connectivity index (χ4v) is 4.23. The Bertz CT molecular complexity index is 1120. The van der Waals surface area contributed by atoms with Crippen LogP contribution in [0.5, 0.6) is 11.6 Å². The minimum absolute atomic E-state index is 0.0247. The third-order valence-corrected chi connectivity index (χ3v) is 6.09. The Balaban J connectivity index is 2.59. The molecule has 0 aliphatic carbocycles. The van der Waals surface area contributed by atoms with Crippen LogP contribution in [0.25, 0.3) is 0 Å². The minimum Gasteiger partial charge on any atom is -0.438 e. The first-order valence-corrected chi connectivity index (χ1v) is 12.2. The predicted octanol–water partition coefficient (Wildman–Crippen LogP) is 3.55. The summed E-state index contributed by atoms with van der Waals surface area (Å²) in [5.74, 6) is -0.270. The van der Waals surface area contributed by atoms with Gasteiger partial charge in [-0.15, -0.1) is 0 Å². The van der Waals surface area contributed by atoms with Gasteiger partial charge in [0.05, 0.1) is 11.0 Å². The number of ether oxygens (including phenoxy) is 1. The highest BCUT2D eigenvalue weighted by Gasteiger charge is 2.28. The van der Waals surface area contributed by atoms with E-state index in [9.17, 15) is 23.3 Å². The normalized spacial score (nSPS) is 11.8. The molecule has 2 rings (SSSR count). The molecule has 12 heteroatoms. The van der Waals surface area contributed by atoms with Crippen molar-refractivity contribution in [3.05, 3.63) is 39.6 Å². The zero-order valence-electron chi connectivity index (χ0n) is 19.7. The van der Waals surface area contributed by atoms with Crippen molar-refractivity contribution >= 4 is 21.6 Å². The van der Waals surface area contributed by atoms with E-state index in [0.29, 0.717) is 12.1 Å². The van der Waals surface area contributed by atoms with Gasteiger partial charge < -0.3 is 10.1 Å². The second kappa shape index (κ2) is 10.8. The lowest BCUT2D eigenvalue weighted by atomic mass is 10.2. The average molecular weight is 482 g/mol. The van der Waals surface area contributed by atoms with Crippen LogP contribution >= 0.6 is 0 Å². The minimum atomic E-state index is -4.12. The van der Waals surface area contributed by atoms with Gasteiger partial charge in [-0.05, 0) is 39.2 Å². The van der Waals surface area contributed by atoms with Crippen molar-refractivity contribution in [1.29, 1.82) is 0 Å². The summed E-state index contributed by atoms with van der Waals surface area (Å²) in [7, 11) is -4.12. The molecule has 0 saturated heterocycles. The van der Waals surface area contributed by atoms with Crippen molar-refractivity contribution in [2.24, 2.45) is 5.92 Å². The Labute approximate surface area is 193 Å². The lowest BCUT2D eigenvalue weighted by Crippen LogP contribution is -2.28. The number of non-ortho nitro benzene ring substituents is 1. The molecule has 1 heterocycles. The van der Waals surface area contributed by atoms with E-state index in [1.165, 1.54) is 10.7 Å². The molecule has 0 aliphatic rings. The highest BCUT2D eigenvalue weighted by atomic mass is 32.2. The Kier molecular flexibility index (Phi) is 8.56. The zero-order valence-corrected chi connectivity index (χ0v) is 20.5. The molecule has 182 valence electrons. The molecule has 1 amide bonds. The molecule has 0 bridgehead atoms. The number of sulfonamides is 1. The first-order valence-electron chi connectivity index (χ1n) is 10.7. The number of nitrogens with zero attached hydrogens (tertiary/aromatic N) is 3. The Morgan fingerprint density at radius 2 is 1.94 bits per heavy atom. The molecule has 0 fully saturated rings. The van der Waals surface area contributed by atoms with Crippen molar-refractivity contribution in [3.63, 3.8) is 0 Å². The van der Waals surface area contributed by atoms with Gasteiger partial charge in [0.15, 0.2) is 5.69 Å². The molecule has 0 saturated carbocycles. The standard InChI is InChI=1S/C21H31N5O6S/c1-7-10-22-20(27)19-15(6)21(25(24-19)14(4)5)32-17-9-8-16(26(28)29)11-18(17)33(30,31)23-12-13(2)3/h8-9,11,13-14,23H,7,10,12H2,1-6H3,(H,22,27). The Morgan fingerprint density at radius 1 is 1.27 bits per heavy atom. The maximum atomic E-state index is 13.0. The zero-order chi connectivity index (χ0) is 24.9. The summed E-state index contributed by atoms with van der Waals surface area (Å²) in [4.78, 5) is 22.8. The summed E-state index contributed by atoms with van der Waals surface area (Å²) in [5.41, 5.74) is 0.200. The smallest absolute Gasteiger partial charge is 0.272 e. The second-order valence-electron chi connectivity index (χ2n) is 8.31. The van der Waals surface area contributed by atoms with Crippen LogP contribution < -0.4 is 14.8 Å². The Morgan fingerprint density at radius 3 is 2.48 bits per heavy atom. The molecule has 1 aromatic heterocycles.